The molecule has 2 fully saturated rings. The van der Waals surface area contributed by atoms with Gasteiger partial charge in [-0.1, -0.05) is 30.3 Å². The van der Waals surface area contributed by atoms with Crippen molar-refractivity contribution in [1.82, 2.24) is 4.90 Å². The molecule has 0 aliphatic carbocycles. The molecule has 2 aliphatic heterocycles. The zero-order valence-electron chi connectivity index (χ0n) is 22.3. The van der Waals surface area contributed by atoms with Crippen LogP contribution in [-0.2, 0) is 4.79 Å². The number of rotatable bonds is 9. The fourth-order valence-electron chi connectivity index (χ4n) is 5.68. The number of piperidine rings is 1. The smallest absolute Gasteiger partial charge is 0.291 e. The molecule has 0 spiro atoms. The zero-order valence-corrected chi connectivity index (χ0v) is 22.3. The molecule has 0 saturated carbocycles. The van der Waals surface area contributed by atoms with Gasteiger partial charge in [-0.25, -0.2) is 0 Å². The Kier molecular flexibility index (Phi) is 8.12. The van der Waals surface area contributed by atoms with E-state index in [1.807, 2.05) is 12.1 Å². The Bertz CT molecular complexity index is 1330. The second kappa shape index (κ2) is 11.9. The van der Waals surface area contributed by atoms with Gasteiger partial charge in [-0.15, -0.1) is 0 Å². The highest BCUT2D eigenvalue weighted by Crippen LogP contribution is 2.36. The molecule has 2 saturated heterocycles. The normalized spacial score (nSPS) is 18.0. The fraction of sp³-hybridized carbons (Fsp3) is 0.387. The third kappa shape index (κ3) is 6.06. The Morgan fingerprint density at radius 2 is 1.85 bits per heavy atom. The van der Waals surface area contributed by atoms with Crippen LogP contribution in [0.15, 0.2) is 65.3 Å². The predicted octanol–water partition coefficient (Wildman–Crippen LogP) is 5.13. The van der Waals surface area contributed by atoms with Gasteiger partial charge in [0.15, 0.2) is 11.5 Å². The van der Waals surface area contributed by atoms with Crippen LogP contribution in [0.3, 0.4) is 0 Å². The number of benzene rings is 2. The van der Waals surface area contributed by atoms with Crippen molar-refractivity contribution in [3.63, 3.8) is 0 Å². The number of amides is 2. The summed E-state index contributed by atoms with van der Waals surface area (Å²) in [7, 11) is 0. The van der Waals surface area contributed by atoms with Crippen molar-refractivity contribution in [1.29, 1.82) is 0 Å². The summed E-state index contributed by atoms with van der Waals surface area (Å²) in [6.07, 6.45) is 4.06. The van der Waals surface area contributed by atoms with E-state index in [4.69, 9.17) is 4.42 Å². The number of hydrogen-bond donors (Lipinski definition) is 2. The summed E-state index contributed by atoms with van der Waals surface area (Å²) < 4.78 is 5.29. The highest BCUT2D eigenvalue weighted by molar-refractivity contribution is 6.04. The molecule has 0 radical (unpaired) electrons. The van der Waals surface area contributed by atoms with E-state index >= 15 is 0 Å². The van der Waals surface area contributed by atoms with Gasteiger partial charge in [0, 0.05) is 55.8 Å². The van der Waals surface area contributed by atoms with Gasteiger partial charge < -0.3 is 24.6 Å². The third-order valence-corrected chi connectivity index (χ3v) is 7.86. The number of likely N-dealkylation sites (tertiary alicyclic amines) is 1. The van der Waals surface area contributed by atoms with E-state index in [1.54, 1.807) is 18.2 Å². The summed E-state index contributed by atoms with van der Waals surface area (Å²) in [5, 5.41) is 12.9. The van der Waals surface area contributed by atoms with Gasteiger partial charge in [0.1, 0.15) is 6.23 Å². The number of aliphatic hydroxyl groups is 1. The van der Waals surface area contributed by atoms with Crippen molar-refractivity contribution >= 4 is 29.0 Å². The van der Waals surface area contributed by atoms with Crippen molar-refractivity contribution in [3.05, 3.63) is 83.3 Å². The van der Waals surface area contributed by atoms with Crippen molar-refractivity contribution in [2.24, 2.45) is 0 Å². The van der Waals surface area contributed by atoms with Crippen LogP contribution in [-0.4, -0.2) is 53.5 Å². The van der Waals surface area contributed by atoms with Gasteiger partial charge in [-0.3, -0.25) is 14.4 Å². The number of hydrogen-bond acceptors (Lipinski definition) is 6. The molecule has 8 heteroatoms. The lowest BCUT2D eigenvalue weighted by molar-refractivity contribution is -0.133. The largest absolute Gasteiger partial charge is 0.459 e. The summed E-state index contributed by atoms with van der Waals surface area (Å²) in [6, 6.07) is 17.3. The van der Waals surface area contributed by atoms with E-state index in [-0.39, 0.29) is 35.7 Å². The zero-order chi connectivity index (χ0) is 27.4. The van der Waals surface area contributed by atoms with Crippen molar-refractivity contribution in [2.45, 2.75) is 57.6 Å². The van der Waals surface area contributed by atoms with E-state index in [0.717, 1.165) is 31.5 Å². The van der Waals surface area contributed by atoms with E-state index < -0.39 is 6.23 Å². The number of anilines is 2. The molecule has 2 amide bonds. The lowest BCUT2D eigenvalue weighted by Gasteiger charge is -2.35. The first kappa shape index (κ1) is 26.7. The molecule has 2 N–H and O–H groups in total. The molecule has 1 atom stereocenters. The number of ketones is 1. The average Bonchev–Trinajstić information content (AvgIpc) is 3.60. The van der Waals surface area contributed by atoms with Crippen LogP contribution in [0.25, 0.3) is 0 Å². The van der Waals surface area contributed by atoms with Crippen molar-refractivity contribution in [3.8, 4) is 0 Å². The van der Waals surface area contributed by atoms with Crippen LogP contribution in [0.1, 0.15) is 76.5 Å². The summed E-state index contributed by atoms with van der Waals surface area (Å²) in [4.78, 5) is 41.7. The SMILES string of the molecule is Cc1ccccc1N1CCC(c2ccc(C(=O)CCCN3C(=O)CCC3O)cc2NC(=O)c2ccco2)CC1. The maximum Gasteiger partial charge on any atom is 0.291 e. The molecular weight excluding hydrogens is 494 g/mol. The van der Waals surface area contributed by atoms with Gasteiger partial charge in [-0.05, 0) is 67.5 Å². The van der Waals surface area contributed by atoms with Gasteiger partial charge in [0.05, 0.1) is 6.26 Å². The Morgan fingerprint density at radius 1 is 1.05 bits per heavy atom. The first-order chi connectivity index (χ1) is 18.9. The van der Waals surface area contributed by atoms with Crippen LogP contribution >= 0.6 is 0 Å². The van der Waals surface area contributed by atoms with Crippen molar-refractivity contribution in [2.75, 3.05) is 29.9 Å². The Hall–Kier alpha value is -3.91. The van der Waals surface area contributed by atoms with E-state index in [1.165, 1.54) is 22.4 Å². The number of nitrogens with one attached hydrogen (secondary N) is 1. The Labute approximate surface area is 228 Å². The summed E-state index contributed by atoms with van der Waals surface area (Å²) in [6.45, 7) is 4.29. The third-order valence-electron chi connectivity index (χ3n) is 7.86. The molecule has 39 heavy (non-hydrogen) atoms. The number of aryl methyl sites for hydroxylation is 1. The minimum absolute atomic E-state index is 0.0643. The molecule has 2 aromatic carbocycles. The first-order valence-electron chi connectivity index (χ1n) is 13.7. The second-order valence-corrected chi connectivity index (χ2v) is 10.4. The van der Waals surface area contributed by atoms with Crippen molar-refractivity contribution < 1.29 is 23.9 Å². The molecule has 3 heterocycles. The summed E-state index contributed by atoms with van der Waals surface area (Å²) in [5.41, 5.74) is 4.67. The molecule has 204 valence electrons. The topological polar surface area (TPSA) is 103 Å². The van der Waals surface area contributed by atoms with Gasteiger partial charge >= 0.3 is 0 Å². The fourth-order valence-corrected chi connectivity index (χ4v) is 5.68. The predicted molar refractivity (Wildman–Crippen MR) is 149 cm³/mol. The number of aliphatic hydroxyl groups excluding tert-OH is 1. The van der Waals surface area contributed by atoms with E-state index in [0.29, 0.717) is 37.1 Å². The Morgan fingerprint density at radius 3 is 2.54 bits per heavy atom. The molecule has 0 bridgehead atoms. The number of Topliss-reactive ketones (excluding diaryl/α,β-unsaturated/α-hetero) is 1. The molecule has 2 aliphatic rings. The maximum absolute atomic E-state index is 13.1. The number of furan rings is 1. The highest BCUT2D eigenvalue weighted by atomic mass is 16.3. The number of para-hydroxylation sites is 1. The van der Waals surface area contributed by atoms with Gasteiger partial charge in [-0.2, -0.15) is 0 Å². The minimum atomic E-state index is -0.757. The van der Waals surface area contributed by atoms with Crippen LogP contribution in [0, 0.1) is 6.92 Å². The molecule has 8 nitrogen and oxygen atoms in total. The van der Waals surface area contributed by atoms with E-state index in [2.05, 4.69) is 41.4 Å². The summed E-state index contributed by atoms with van der Waals surface area (Å²) >= 11 is 0. The van der Waals surface area contributed by atoms with Crippen LogP contribution in [0.5, 0.6) is 0 Å². The molecule has 3 aromatic rings. The molecular formula is C31H35N3O5. The number of carbonyl (C=O) groups is 3. The highest BCUT2D eigenvalue weighted by Gasteiger charge is 2.29. The standard InChI is InChI=1S/C31H35N3O5/c1-21-6-2-3-7-26(21)33-17-14-22(15-18-33)24-11-10-23(20-25(24)32-31(38)28-9-5-19-39-28)27(35)8-4-16-34-29(36)12-13-30(34)37/h2-3,5-7,9-11,19-20,22,29,36H,4,8,12-18H2,1H3,(H,32,38). The molecule has 1 unspecified atom stereocenters. The maximum atomic E-state index is 13.1. The summed E-state index contributed by atoms with van der Waals surface area (Å²) in [5.74, 6) is -0.0455. The minimum Gasteiger partial charge on any atom is -0.459 e. The van der Waals surface area contributed by atoms with Gasteiger partial charge in [0.2, 0.25) is 5.91 Å². The quantitative estimate of drug-likeness (QED) is 0.373. The number of nitrogens with zero attached hydrogens (tertiary/aromatic N) is 2. The Balaban J connectivity index is 1.30. The lowest BCUT2D eigenvalue weighted by Crippen LogP contribution is -2.33. The first-order valence-corrected chi connectivity index (χ1v) is 13.7. The second-order valence-electron chi connectivity index (χ2n) is 10.4. The molecule has 5 rings (SSSR count). The van der Waals surface area contributed by atoms with Crippen LogP contribution in [0.2, 0.25) is 0 Å². The molecule has 1 aromatic heterocycles. The van der Waals surface area contributed by atoms with E-state index in [9.17, 15) is 19.5 Å². The lowest BCUT2D eigenvalue weighted by atomic mass is 9.86. The number of carbonyl (C=O) groups excluding carboxylic acids is 3. The monoisotopic (exact) mass is 529 g/mol. The van der Waals surface area contributed by atoms with Gasteiger partial charge in [0.25, 0.3) is 5.91 Å². The van der Waals surface area contributed by atoms with Crippen LogP contribution in [0.4, 0.5) is 11.4 Å². The van der Waals surface area contributed by atoms with Crippen LogP contribution < -0.4 is 10.2 Å². The average molecular weight is 530 g/mol.